The van der Waals surface area contributed by atoms with Crippen molar-refractivity contribution in [2.75, 3.05) is 25.2 Å². The van der Waals surface area contributed by atoms with E-state index in [4.69, 9.17) is 4.74 Å². The zero-order valence-corrected chi connectivity index (χ0v) is 16.0. The van der Waals surface area contributed by atoms with Gasteiger partial charge >= 0.3 is 0 Å². The summed E-state index contributed by atoms with van der Waals surface area (Å²) >= 11 is 0. The number of hydrogen-bond donors (Lipinski definition) is 1. The quantitative estimate of drug-likeness (QED) is 0.884. The first kappa shape index (κ1) is 18.5. The van der Waals surface area contributed by atoms with Gasteiger partial charge in [0, 0.05) is 30.1 Å². The van der Waals surface area contributed by atoms with E-state index in [0.29, 0.717) is 24.3 Å². The average Bonchev–Trinajstić information content (AvgIpc) is 2.73. The number of likely N-dealkylation sites (tertiary alicyclic amines) is 1. The van der Waals surface area contributed by atoms with Crippen LogP contribution in [0.2, 0.25) is 0 Å². The smallest absolute Gasteiger partial charge is 0.258 e. The van der Waals surface area contributed by atoms with E-state index >= 15 is 0 Å². The fourth-order valence-electron chi connectivity index (χ4n) is 4.52. The molecule has 2 aliphatic heterocycles. The van der Waals surface area contributed by atoms with Gasteiger partial charge in [-0.3, -0.25) is 9.59 Å². The van der Waals surface area contributed by atoms with Gasteiger partial charge in [-0.1, -0.05) is 31.2 Å². The Morgan fingerprint density at radius 1 is 1.18 bits per heavy atom. The van der Waals surface area contributed by atoms with E-state index < -0.39 is 0 Å². The number of aliphatic hydroxyl groups excluding tert-OH is 1. The molecule has 4 rings (SSSR count). The Hall–Kier alpha value is -2.86. The maximum atomic E-state index is 13.3. The van der Waals surface area contributed by atoms with Gasteiger partial charge in [0.05, 0.1) is 25.8 Å². The number of carbonyl (C=O) groups excluding carboxylic acids is 2. The third-order valence-corrected chi connectivity index (χ3v) is 5.84. The Morgan fingerprint density at radius 3 is 2.68 bits per heavy atom. The van der Waals surface area contributed by atoms with E-state index in [1.807, 2.05) is 31.2 Å². The van der Waals surface area contributed by atoms with E-state index in [2.05, 4.69) is 0 Å². The van der Waals surface area contributed by atoms with Gasteiger partial charge in [0.1, 0.15) is 5.75 Å². The number of amides is 2. The molecule has 146 valence electrons. The fourth-order valence-corrected chi connectivity index (χ4v) is 4.52. The molecule has 1 N–H and O–H groups in total. The Bertz CT molecular complexity index is 913. The summed E-state index contributed by atoms with van der Waals surface area (Å²) in [7, 11) is 1.57. The first-order valence-electron chi connectivity index (χ1n) is 9.57. The summed E-state index contributed by atoms with van der Waals surface area (Å²) in [6, 6.07) is 14.5. The van der Waals surface area contributed by atoms with Crippen LogP contribution >= 0.6 is 0 Å². The lowest BCUT2D eigenvalue weighted by Crippen LogP contribution is -2.70. The van der Waals surface area contributed by atoms with Crippen LogP contribution < -0.4 is 9.64 Å². The van der Waals surface area contributed by atoms with Gasteiger partial charge < -0.3 is 19.6 Å². The van der Waals surface area contributed by atoms with Crippen LogP contribution in [0.4, 0.5) is 5.69 Å². The van der Waals surface area contributed by atoms with Gasteiger partial charge in [-0.2, -0.15) is 0 Å². The van der Waals surface area contributed by atoms with Gasteiger partial charge in [-0.25, -0.2) is 0 Å². The van der Waals surface area contributed by atoms with Gasteiger partial charge in [-0.15, -0.1) is 0 Å². The van der Waals surface area contributed by atoms with Gasteiger partial charge in [0.25, 0.3) is 5.91 Å². The Morgan fingerprint density at radius 2 is 1.96 bits per heavy atom. The molecule has 1 saturated heterocycles. The topological polar surface area (TPSA) is 70.1 Å². The van der Waals surface area contributed by atoms with Crippen LogP contribution in [0.1, 0.15) is 35.2 Å². The van der Waals surface area contributed by atoms with Crippen molar-refractivity contribution < 1.29 is 19.4 Å². The minimum Gasteiger partial charge on any atom is -0.497 e. The zero-order chi connectivity index (χ0) is 19.8. The number of hydrogen-bond acceptors (Lipinski definition) is 4. The third-order valence-electron chi connectivity index (χ3n) is 5.84. The predicted octanol–water partition coefficient (Wildman–Crippen LogP) is 2.42. The number of anilines is 1. The number of benzene rings is 2. The van der Waals surface area contributed by atoms with Crippen molar-refractivity contribution in [2.24, 2.45) is 0 Å². The molecule has 2 amide bonds. The molecule has 2 heterocycles. The second-order valence-corrected chi connectivity index (χ2v) is 7.20. The Balaban J connectivity index is 1.73. The minimum atomic E-state index is -0.229. The van der Waals surface area contributed by atoms with Crippen LogP contribution in [0.5, 0.6) is 5.75 Å². The Labute approximate surface area is 164 Å². The summed E-state index contributed by atoms with van der Waals surface area (Å²) in [5, 5.41) is 9.89. The van der Waals surface area contributed by atoms with Crippen LogP contribution in [0.15, 0.2) is 48.5 Å². The number of nitrogens with zero attached hydrogens (tertiary/aromatic N) is 2. The third kappa shape index (κ3) is 2.76. The van der Waals surface area contributed by atoms with Crippen LogP contribution in [-0.4, -0.2) is 54.2 Å². The number of fused-ring (bicyclic) bond motifs is 3. The maximum absolute atomic E-state index is 13.3. The van der Waals surface area contributed by atoms with Crippen molar-refractivity contribution in [1.82, 2.24) is 4.90 Å². The first-order valence-corrected chi connectivity index (χ1v) is 9.57. The molecule has 6 nitrogen and oxygen atoms in total. The average molecular weight is 380 g/mol. The summed E-state index contributed by atoms with van der Waals surface area (Å²) < 4.78 is 5.25. The molecule has 0 saturated carbocycles. The van der Waals surface area contributed by atoms with Crippen molar-refractivity contribution in [3.63, 3.8) is 0 Å². The molecule has 6 heteroatoms. The van der Waals surface area contributed by atoms with Gasteiger partial charge in [0.2, 0.25) is 5.91 Å². The molecule has 2 aromatic rings. The van der Waals surface area contributed by atoms with Crippen molar-refractivity contribution >= 4 is 17.5 Å². The number of rotatable bonds is 4. The van der Waals surface area contributed by atoms with Crippen molar-refractivity contribution in [1.29, 1.82) is 0 Å². The van der Waals surface area contributed by atoms with Crippen LogP contribution in [0, 0.1) is 0 Å². The second kappa shape index (κ2) is 7.28. The lowest BCUT2D eigenvalue weighted by atomic mass is 9.71. The van der Waals surface area contributed by atoms with Crippen LogP contribution in [-0.2, 0) is 4.79 Å². The molecule has 2 aliphatic rings. The monoisotopic (exact) mass is 380 g/mol. The summed E-state index contributed by atoms with van der Waals surface area (Å²) in [6.45, 7) is 2.16. The Kier molecular flexibility index (Phi) is 4.81. The zero-order valence-electron chi connectivity index (χ0n) is 16.0. The molecule has 0 aromatic heterocycles. The van der Waals surface area contributed by atoms with E-state index in [9.17, 15) is 14.7 Å². The normalized spacial score (nSPS) is 22.8. The summed E-state index contributed by atoms with van der Waals surface area (Å²) in [4.78, 5) is 29.3. The lowest BCUT2D eigenvalue weighted by molar-refractivity contribution is -0.149. The molecule has 0 radical (unpaired) electrons. The number of carbonyl (C=O) groups is 2. The highest BCUT2D eigenvalue weighted by molar-refractivity contribution is 6.07. The van der Waals surface area contributed by atoms with Crippen LogP contribution in [0.3, 0.4) is 0 Å². The molecular weight excluding hydrogens is 356 g/mol. The van der Waals surface area contributed by atoms with E-state index in [0.717, 1.165) is 11.3 Å². The lowest BCUT2D eigenvalue weighted by Gasteiger charge is -2.59. The molecule has 3 atom stereocenters. The number of methoxy groups -OCH3 is 1. The van der Waals surface area contributed by atoms with Crippen molar-refractivity contribution in [2.45, 2.75) is 31.3 Å². The van der Waals surface area contributed by atoms with E-state index in [1.54, 1.807) is 41.2 Å². The van der Waals surface area contributed by atoms with Crippen molar-refractivity contribution in [3.8, 4) is 5.75 Å². The first-order chi connectivity index (χ1) is 13.6. The predicted molar refractivity (Wildman–Crippen MR) is 106 cm³/mol. The molecule has 0 bridgehead atoms. The highest BCUT2D eigenvalue weighted by Crippen LogP contribution is 2.48. The summed E-state index contributed by atoms with van der Waals surface area (Å²) in [6.07, 6.45) is 0.380. The molecule has 1 fully saturated rings. The second-order valence-electron chi connectivity index (χ2n) is 7.20. The molecule has 2 aromatic carbocycles. The number of ether oxygens (including phenoxy) is 1. The molecule has 28 heavy (non-hydrogen) atoms. The van der Waals surface area contributed by atoms with Crippen LogP contribution in [0.25, 0.3) is 0 Å². The minimum absolute atomic E-state index is 0.00783. The fraction of sp³-hybridized carbons (Fsp3) is 0.364. The standard InChI is InChI=1S/C22H24N2O4/c1-3-20(26)24-18-12-23(22(27)14-7-6-8-15(11-14)28-2)17-10-5-4-9-16(17)21(18)19(24)13-25/h4-11,18-19,21,25H,3,12-13H2,1-2H3/t18-,19-,21+/m0/s1. The SMILES string of the molecule is CCC(=O)N1[C@@H](CO)[C@@H]2c3ccccc3N(C(=O)c3cccc(OC)c3)C[C@@H]21. The van der Waals surface area contributed by atoms with E-state index in [1.165, 1.54) is 0 Å². The molecule has 0 aliphatic carbocycles. The number of para-hydroxylation sites is 1. The summed E-state index contributed by atoms with van der Waals surface area (Å²) in [5.74, 6) is 0.557. The highest BCUT2D eigenvalue weighted by Gasteiger charge is 2.54. The van der Waals surface area contributed by atoms with Crippen molar-refractivity contribution in [3.05, 3.63) is 59.7 Å². The molecule has 0 spiro atoms. The number of aliphatic hydroxyl groups is 1. The molecule has 0 unspecified atom stereocenters. The van der Waals surface area contributed by atoms with Gasteiger partial charge in [-0.05, 0) is 29.8 Å². The largest absolute Gasteiger partial charge is 0.497 e. The maximum Gasteiger partial charge on any atom is 0.258 e. The summed E-state index contributed by atoms with van der Waals surface area (Å²) in [5.41, 5.74) is 2.40. The van der Waals surface area contributed by atoms with E-state index in [-0.39, 0.29) is 36.4 Å². The highest BCUT2D eigenvalue weighted by atomic mass is 16.5. The molecular formula is C22H24N2O4. The van der Waals surface area contributed by atoms with Gasteiger partial charge in [0.15, 0.2) is 0 Å².